The van der Waals surface area contributed by atoms with Crippen LogP contribution in [0.4, 0.5) is 0 Å². The van der Waals surface area contributed by atoms with Crippen LogP contribution in [0.3, 0.4) is 0 Å². The van der Waals surface area contributed by atoms with Crippen molar-refractivity contribution in [2.24, 2.45) is 4.99 Å². The molecule has 0 aromatic carbocycles. The van der Waals surface area contributed by atoms with E-state index in [-0.39, 0.29) is 11.8 Å². The Morgan fingerprint density at radius 1 is 1.40 bits per heavy atom. The Morgan fingerprint density at radius 2 is 2.20 bits per heavy atom. The normalized spacial score (nSPS) is 13.5. The van der Waals surface area contributed by atoms with Gasteiger partial charge in [0.1, 0.15) is 22.0 Å². The number of sulfone groups is 1. The Hall–Kier alpha value is -2.42. The highest BCUT2D eigenvalue weighted by Crippen LogP contribution is 2.05. The predicted molar refractivity (Wildman–Crippen MR) is 98.5 cm³/mol. The van der Waals surface area contributed by atoms with Crippen LogP contribution in [0.25, 0.3) is 5.82 Å². The second-order valence-electron chi connectivity index (χ2n) is 5.88. The molecule has 0 saturated carbocycles. The highest BCUT2D eigenvalue weighted by molar-refractivity contribution is 7.90. The Bertz CT molecular complexity index is 785. The van der Waals surface area contributed by atoms with Crippen LogP contribution in [-0.2, 0) is 16.4 Å². The summed E-state index contributed by atoms with van der Waals surface area (Å²) in [5.74, 6) is 1.58. The Morgan fingerprint density at radius 3 is 2.76 bits per heavy atom. The summed E-state index contributed by atoms with van der Waals surface area (Å²) in [5.41, 5.74) is 1.01. The monoisotopic (exact) mass is 364 g/mol. The summed E-state index contributed by atoms with van der Waals surface area (Å²) in [5, 5.41) is 6.38. The largest absolute Gasteiger partial charge is 0.354 e. The lowest BCUT2D eigenvalue weighted by Crippen LogP contribution is -2.42. The second kappa shape index (κ2) is 8.61. The third-order valence-corrected chi connectivity index (χ3v) is 4.54. The van der Waals surface area contributed by atoms with Crippen molar-refractivity contribution in [3.05, 3.63) is 42.6 Å². The fourth-order valence-corrected chi connectivity index (χ4v) is 2.93. The molecule has 2 aromatic heterocycles. The summed E-state index contributed by atoms with van der Waals surface area (Å²) < 4.78 is 24.3. The molecule has 25 heavy (non-hydrogen) atoms. The van der Waals surface area contributed by atoms with Crippen molar-refractivity contribution in [1.82, 2.24) is 25.2 Å². The number of nitrogens with zero attached hydrogens (tertiary/aromatic N) is 4. The van der Waals surface area contributed by atoms with Crippen LogP contribution >= 0.6 is 0 Å². The first-order chi connectivity index (χ1) is 11.9. The van der Waals surface area contributed by atoms with Gasteiger partial charge in [0.25, 0.3) is 0 Å². The Balaban J connectivity index is 1.84. The summed E-state index contributed by atoms with van der Waals surface area (Å²) >= 11 is 0. The first-order valence-electron chi connectivity index (χ1n) is 7.95. The number of guanidine groups is 1. The van der Waals surface area contributed by atoms with Gasteiger partial charge in [0.15, 0.2) is 5.96 Å². The van der Waals surface area contributed by atoms with E-state index in [1.165, 1.54) is 6.26 Å². The van der Waals surface area contributed by atoms with Crippen molar-refractivity contribution >= 4 is 15.8 Å². The minimum absolute atomic E-state index is 0.00247. The van der Waals surface area contributed by atoms with Crippen LogP contribution in [0.1, 0.15) is 18.9 Å². The molecule has 9 heteroatoms. The van der Waals surface area contributed by atoms with Gasteiger partial charge in [-0.2, -0.15) is 0 Å². The average Bonchev–Trinajstić information content (AvgIpc) is 3.11. The van der Waals surface area contributed by atoms with Gasteiger partial charge in [0.05, 0.1) is 5.75 Å². The molecular weight excluding hydrogens is 340 g/mol. The molecule has 0 radical (unpaired) electrons. The van der Waals surface area contributed by atoms with E-state index in [2.05, 4.69) is 25.6 Å². The van der Waals surface area contributed by atoms with Crippen molar-refractivity contribution in [2.45, 2.75) is 25.9 Å². The number of imidazole rings is 1. The molecule has 0 saturated heterocycles. The molecule has 136 valence electrons. The van der Waals surface area contributed by atoms with Crippen molar-refractivity contribution in [1.29, 1.82) is 0 Å². The summed E-state index contributed by atoms with van der Waals surface area (Å²) in [6.45, 7) is 2.50. The van der Waals surface area contributed by atoms with E-state index in [0.717, 1.165) is 11.4 Å². The van der Waals surface area contributed by atoms with Gasteiger partial charge in [0.2, 0.25) is 0 Å². The maximum Gasteiger partial charge on any atom is 0.191 e. The van der Waals surface area contributed by atoms with Crippen molar-refractivity contribution in [2.75, 3.05) is 19.1 Å². The average molecular weight is 364 g/mol. The third-order valence-electron chi connectivity index (χ3n) is 3.57. The van der Waals surface area contributed by atoms with Gasteiger partial charge in [-0.05, 0) is 25.0 Å². The SMILES string of the molecule is CN=C(NCc1ccc(-n2ccnc2)nc1)NC(C)CCS(C)(=O)=O. The van der Waals surface area contributed by atoms with Gasteiger partial charge in [-0.3, -0.25) is 9.56 Å². The fraction of sp³-hybridized carbons (Fsp3) is 0.438. The van der Waals surface area contributed by atoms with E-state index >= 15 is 0 Å². The van der Waals surface area contributed by atoms with Crippen LogP contribution in [0.15, 0.2) is 42.0 Å². The van der Waals surface area contributed by atoms with Gasteiger partial charge in [-0.25, -0.2) is 18.4 Å². The summed E-state index contributed by atoms with van der Waals surface area (Å²) in [6.07, 6.45) is 8.81. The summed E-state index contributed by atoms with van der Waals surface area (Å²) in [6, 6.07) is 3.90. The number of hydrogen-bond acceptors (Lipinski definition) is 5. The van der Waals surface area contributed by atoms with E-state index in [0.29, 0.717) is 18.9 Å². The molecular formula is C16H24N6O2S. The molecule has 1 atom stereocenters. The Labute approximate surface area is 148 Å². The number of rotatable bonds is 7. The molecule has 2 rings (SSSR count). The first-order valence-corrected chi connectivity index (χ1v) is 10.0. The maximum atomic E-state index is 11.2. The molecule has 2 N–H and O–H groups in total. The molecule has 0 aliphatic rings. The first kappa shape index (κ1) is 18.9. The minimum atomic E-state index is -2.95. The lowest BCUT2D eigenvalue weighted by Gasteiger charge is -2.17. The highest BCUT2D eigenvalue weighted by Gasteiger charge is 2.09. The van der Waals surface area contributed by atoms with Crippen molar-refractivity contribution in [3.63, 3.8) is 0 Å². The smallest absolute Gasteiger partial charge is 0.191 e. The molecule has 0 aliphatic heterocycles. The second-order valence-corrected chi connectivity index (χ2v) is 8.14. The lowest BCUT2D eigenvalue weighted by atomic mass is 10.2. The topological polar surface area (TPSA) is 101 Å². The quantitative estimate of drug-likeness (QED) is 0.555. The van der Waals surface area contributed by atoms with E-state index in [1.807, 2.05) is 29.8 Å². The summed E-state index contributed by atoms with van der Waals surface area (Å²) in [4.78, 5) is 12.6. The lowest BCUT2D eigenvalue weighted by molar-refractivity contribution is 0.581. The molecule has 0 fully saturated rings. The molecule has 0 aliphatic carbocycles. The standard InChI is InChI=1S/C16H24N6O2S/c1-13(6-9-25(3,23)24)21-16(17-2)20-11-14-4-5-15(19-10-14)22-8-7-18-12-22/h4-5,7-8,10,12-13H,6,9,11H2,1-3H3,(H2,17,20,21). The number of pyridine rings is 1. The zero-order valence-electron chi connectivity index (χ0n) is 14.7. The number of aliphatic imine (C=N–C) groups is 1. The zero-order chi connectivity index (χ0) is 18.3. The van der Waals surface area contributed by atoms with E-state index < -0.39 is 9.84 Å². The molecule has 1 unspecified atom stereocenters. The van der Waals surface area contributed by atoms with E-state index in [4.69, 9.17) is 0 Å². The molecule has 0 amide bonds. The molecule has 0 bridgehead atoms. The molecule has 0 spiro atoms. The van der Waals surface area contributed by atoms with Gasteiger partial charge >= 0.3 is 0 Å². The van der Waals surface area contributed by atoms with Crippen molar-refractivity contribution < 1.29 is 8.42 Å². The van der Waals surface area contributed by atoms with Crippen molar-refractivity contribution in [3.8, 4) is 5.82 Å². The Kier molecular flexibility index (Phi) is 6.51. The highest BCUT2D eigenvalue weighted by atomic mass is 32.2. The molecule has 2 heterocycles. The van der Waals surface area contributed by atoms with Crippen LogP contribution in [-0.4, -0.2) is 54.0 Å². The molecule has 2 aromatic rings. The number of aromatic nitrogens is 3. The maximum absolute atomic E-state index is 11.2. The third kappa shape index (κ3) is 6.54. The van der Waals surface area contributed by atoms with Gasteiger partial charge in [-0.15, -0.1) is 0 Å². The minimum Gasteiger partial charge on any atom is -0.354 e. The number of nitrogens with one attached hydrogen (secondary N) is 2. The van der Waals surface area contributed by atoms with Crippen LogP contribution in [0, 0.1) is 0 Å². The predicted octanol–water partition coefficient (Wildman–Crippen LogP) is 0.755. The fourth-order valence-electron chi connectivity index (χ4n) is 2.15. The van der Waals surface area contributed by atoms with Crippen LogP contribution < -0.4 is 10.6 Å². The molecule has 8 nitrogen and oxygen atoms in total. The summed E-state index contributed by atoms with van der Waals surface area (Å²) in [7, 11) is -1.28. The van der Waals surface area contributed by atoms with Gasteiger partial charge < -0.3 is 10.6 Å². The van der Waals surface area contributed by atoms with Gasteiger partial charge in [-0.1, -0.05) is 6.07 Å². The van der Waals surface area contributed by atoms with Crippen LogP contribution in [0.2, 0.25) is 0 Å². The number of hydrogen-bond donors (Lipinski definition) is 2. The van der Waals surface area contributed by atoms with Gasteiger partial charge in [0, 0.05) is 44.5 Å². The van der Waals surface area contributed by atoms with E-state index in [9.17, 15) is 8.42 Å². The van der Waals surface area contributed by atoms with E-state index in [1.54, 1.807) is 25.8 Å². The van der Waals surface area contributed by atoms with Crippen LogP contribution in [0.5, 0.6) is 0 Å². The zero-order valence-corrected chi connectivity index (χ0v) is 15.5.